The van der Waals surface area contributed by atoms with Crippen LogP contribution in [0.25, 0.3) is 0 Å². The average Bonchev–Trinajstić information content (AvgIpc) is 2.09. The number of hydrogen-bond donors (Lipinski definition) is 0. The molecule has 0 bridgehead atoms. The molecule has 0 aromatic heterocycles. The van der Waals surface area contributed by atoms with Gasteiger partial charge in [0.25, 0.3) is 0 Å². The number of ether oxygens (including phenoxy) is 2. The summed E-state index contributed by atoms with van der Waals surface area (Å²) in [5.41, 5.74) is 0. The van der Waals surface area contributed by atoms with Crippen LogP contribution in [0.3, 0.4) is 0 Å². The molecule has 0 radical (unpaired) electrons. The summed E-state index contributed by atoms with van der Waals surface area (Å²) in [5, 5.41) is 0. The first-order valence-corrected chi connectivity index (χ1v) is 5.28. The maximum atomic E-state index is 13.3. The van der Waals surface area contributed by atoms with Crippen LogP contribution >= 0.6 is 38.5 Å². The van der Waals surface area contributed by atoms with Crippen molar-refractivity contribution in [3.8, 4) is 5.75 Å². The van der Waals surface area contributed by atoms with E-state index in [2.05, 4.69) is 20.7 Å². The van der Waals surface area contributed by atoms with Gasteiger partial charge in [-0.1, -0.05) is 15.9 Å². The first kappa shape index (κ1) is 11.2. The third kappa shape index (κ3) is 3.07. The normalized spacial score (nSPS) is 10.2. The molecule has 0 spiro atoms. The van der Waals surface area contributed by atoms with E-state index in [-0.39, 0.29) is 18.4 Å². The number of hydrogen-bond acceptors (Lipinski definition) is 2. The van der Waals surface area contributed by atoms with Gasteiger partial charge in [-0.05, 0) is 34.7 Å². The van der Waals surface area contributed by atoms with Gasteiger partial charge in [0.2, 0.25) is 0 Å². The second-order valence-electron chi connectivity index (χ2n) is 2.25. The molecule has 0 aliphatic rings. The summed E-state index contributed by atoms with van der Waals surface area (Å²) in [6.45, 7) is 0.0451. The minimum absolute atomic E-state index is 0.0451. The van der Waals surface area contributed by atoms with Gasteiger partial charge in [-0.3, -0.25) is 0 Å². The predicted molar refractivity (Wildman–Crippen MR) is 59.3 cm³/mol. The summed E-state index contributed by atoms with van der Waals surface area (Å²) in [6, 6.07) is 3.24. The largest absolute Gasteiger partial charge is 0.464 e. The van der Waals surface area contributed by atoms with Gasteiger partial charge in [-0.2, -0.15) is 0 Å². The number of methoxy groups -OCH3 is 1. The van der Waals surface area contributed by atoms with E-state index in [0.29, 0.717) is 3.57 Å². The fourth-order valence-electron chi connectivity index (χ4n) is 0.760. The summed E-state index contributed by atoms with van der Waals surface area (Å²) in [4.78, 5) is 0. The van der Waals surface area contributed by atoms with Crippen molar-refractivity contribution < 1.29 is 13.9 Å². The molecule has 0 amide bonds. The Balaban J connectivity index is 2.92. The smallest absolute Gasteiger partial charge is 0.188 e. The lowest BCUT2D eigenvalue weighted by Crippen LogP contribution is -2.01. The summed E-state index contributed by atoms with van der Waals surface area (Å²) in [6.07, 6.45) is 0. The van der Waals surface area contributed by atoms with Crippen molar-refractivity contribution in [2.24, 2.45) is 0 Å². The van der Waals surface area contributed by atoms with E-state index in [1.807, 2.05) is 22.6 Å². The third-order valence-electron chi connectivity index (χ3n) is 1.29. The Labute approximate surface area is 97.7 Å². The molecule has 0 aliphatic carbocycles. The SMILES string of the molecule is COCOc1cc(Br)cc(I)c1F. The zero-order valence-electron chi connectivity index (χ0n) is 6.81. The van der Waals surface area contributed by atoms with Crippen molar-refractivity contribution in [3.05, 3.63) is 26.0 Å². The van der Waals surface area contributed by atoms with E-state index < -0.39 is 0 Å². The third-order valence-corrected chi connectivity index (χ3v) is 2.53. The zero-order chi connectivity index (χ0) is 9.84. The molecule has 0 saturated carbocycles. The van der Waals surface area contributed by atoms with E-state index in [1.165, 1.54) is 7.11 Å². The maximum Gasteiger partial charge on any atom is 0.188 e. The summed E-state index contributed by atoms with van der Waals surface area (Å²) < 4.78 is 24.3. The highest BCUT2D eigenvalue weighted by Crippen LogP contribution is 2.27. The van der Waals surface area contributed by atoms with Gasteiger partial charge >= 0.3 is 0 Å². The van der Waals surface area contributed by atoms with Crippen LogP contribution in [0.2, 0.25) is 0 Å². The first-order chi connectivity index (χ1) is 6.15. The van der Waals surface area contributed by atoms with Crippen molar-refractivity contribution in [2.45, 2.75) is 0 Å². The fraction of sp³-hybridized carbons (Fsp3) is 0.250. The molecule has 0 unspecified atom stereocenters. The standard InChI is InChI=1S/C8H7BrFIO2/c1-12-4-13-7-3-5(9)2-6(11)8(7)10/h2-3H,4H2,1H3. The lowest BCUT2D eigenvalue weighted by molar-refractivity contribution is 0.0481. The van der Waals surface area contributed by atoms with Gasteiger partial charge in [0.05, 0.1) is 3.57 Å². The Kier molecular flexibility index (Phi) is 4.40. The van der Waals surface area contributed by atoms with Crippen LogP contribution in [-0.2, 0) is 4.74 Å². The maximum absolute atomic E-state index is 13.3. The van der Waals surface area contributed by atoms with Gasteiger partial charge in [0.1, 0.15) is 0 Å². The van der Waals surface area contributed by atoms with Crippen LogP contribution < -0.4 is 4.74 Å². The second-order valence-corrected chi connectivity index (χ2v) is 4.33. The minimum atomic E-state index is -0.360. The van der Waals surface area contributed by atoms with Gasteiger partial charge in [-0.25, -0.2) is 4.39 Å². The van der Waals surface area contributed by atoms with E-state index in [9.17, 15) is 4.39 Å². The first-order valence-electron chi connectivity index (χ1n) is 3.41. The monoisotopic (exact) mass is 360 g/mol. The number of benzene rings is 1. The Morgan fingerprint density at radius 3 is 2.85 bits per heavy atom. The molecule has 5 heteroatoms. The molecule has 0 fully saturated rings. The van der Waals surface area contributed by atoms with E-state index >= 15 is 0 Å². The fourth-order valence-corrected chi connectivity index (χ4v) is 2.23. The Morgan fingerprint density at radius 1 is 1.54 bits per heavy atom. The Hall–Kier alpha value is 0.120. The minimum Gasteiger partial charge on any atom is -0.464 e. The molecule has 1 aromatic rings. The molecule has 0 atom stereocenters. The lowest BCUT2D eigenvalue weighted by atomic mass is 10.3. The number of halogens is 3. The van der Waals surface area contributed by atoms with Crippen LogP contribution in [0.1, 0.15) is 0 Å². The molecule has 13 heavy (non-hydrogen) atoms. The average molecular weight is 361 g/mol. The molecule has 0 saturated heterocycles. The summed E-state index contributed by atoms with van der Waals surface area (Å²) in [5.74, 6) is -0.165. The van der Waals surface area contributed by atoms with Gasteiger partial charge in [-0.15, -0.1) is 0 Å². The van der Waals surface area contributed by atoms with Crippen LogP contribution in [0, 0.1) is 9.39 Å². The zero-order valence-corrected chi connectivity index (χ0v) is 10.6. The van der Waals surface area contributed by atoms with Crippen molar-refractivity contribution >= 4 is 38.5 Å². The number of rotatable bonds is 3. The molecule has 0 heterocycles. The molecule has 1 aromatic carbocycles. The van der Waals surface area contributed by atoms with E-state index in [4.69, 9.17) is 4.74 Å². The van der Waals surface area contributed by atoms with Crippen molar-refractivity contribution in [1.29, 1.82) is 0 Å². The van der Waals surface area contributed by atoms with Crippen LogP contribution in [0.4, 0.5) is 4.39 Å². The highest BCUT2D eigenvalue weighted by molar-refractivity contribution is 14.1. The van der Waals surface area contributed by atoms with Gasteiger partial charge in [0, 0.05) is 11.6 Å². The molecule has 2 nitrogen and oxygen atoms in total. The molecular formula is C8H7BrFIO2. The van der Waals surface area contributed by atoms with Crippen molar-refractivity contribution in [1.82, 2.24) is 0 Å². The highest BCUT2D eigenvalue weighted by atomic mass is 127. The topological polar surface area (TPSA) is 18.5 Å². The van der Waals surface area contributed by atoms with Crippen LogP contribution in [0.15, 0.2) is 16.6 Å². The van der Waals surface area contributed by atoms with E-state index in [0.717, 1.165) is 4.47 Å². The quantitative estimate of drug-likeness (QED) is 0.468. The summed E-state index contributed by atoms with van der Waals surface area (Å²) in [7, 11) is 1.49. The lowest BCUT2D eigenvalue weighted by Gasteiger charge is -2.07. The van der Waals surface area contributed by atoms with Crippen molar-refractivity contribution in [2.75, 3.05) is 13.9 Å². The Bertz CT molecular complexity index is 306. The highest BCUT2D eigenvalue weighted by Gasteiger charge is 2.08. The Morgan fingerprint density at radius 2 is 2.23 bits per heavy atom. The van der Waals surface area contributed by atoms with Gasteiger partial charge < -0.3 is 9.47 Å². The molecule has 0 aliphatic heterocycles. The predicted octanol–water partition coefficient (Wildman–Crippen LogP) is 3.18. The van der Waals surface area contributed by atoms with E-state index in [1.54, 1.807) is 12.1 Å². The molecular weight excluding hydrogens is 354 g/mol. The van der Waals surface area contributed by atoms with Gasteiger partial charge in [0.15, 0.2) is 18.4 Å². The summed E-state index contributed by atoms with van der Waals surface area (Å²) >= 11 is 5.15. The molecule has 72 valence electrons. The second kappa shape index (κ2) is 5.11. The molecule has 0 N–H and O–H groups in total. The molecule has 1 rings (SSSR count). The van der Waals surface area contributed by atoms with Crippen LogP contribution in [-0.4, -0.2) is 13.9 Å². The van der Waals surface area contributed by atoms with Crippen LogP contribution in [0.5, 0.6) is 5.75 Å². The van der Waals surface area contributed by atoms with Crippen molar-refractivity contribution in [3.63, 3.8) is 0 Å².